The number of aliphatic hydroxyl groups excluding tert-OH is 1. The van der Waals surface area contributed by atoms with Gasteiger partial charge in [0.05, 0.1) is 54.3 Å². The van der Waals surface area contributed by atoms with Crippen molar-refractivity contribution in [2.75, 3.05) is 27.8 Å². The summed E-state index contributed by atoms with van der Waals surface area (Å²) in [7, 11) is 4.85. The van der Waals surface area contributed by atoms with Crippen molar-refractivity contribution in [2.24, 2.45) is 29.4 Å². The highest BCUT2D eigenvalue weighted by Gasteiger charge is 2.43. The fourth-order valence-corrected chi connectivity index (χ4v) is 7.01. The summed E-state index contributed by atoms with van der Waals surface area (Å²) in [5, 5.41) is 13.7. The van der Waals surface area contributed by atoms with Crippen LogP contribution in [-0.2, 0) is 28.7 Å². The first-order chi connectivity index (χ1) is 22.9. The van der Waals surface area contributed by atoms with Crippen molar-refractivity contribution in [3.8, 4) is 0 Å². The molecule has 0 saturated carbocycles. The zero-order valence-electron chi connectivity index (χ0n) is 31.8. The molecule has 2 rings (SSSR count). The Morgan fingerprint density at radius 3 is 2.16 bits per heavy atom. The Morgan fingerprint density at radius 1 is 1.04 bits per heavy atom. The first-order valence-corrected chi connectivity index (χ1v) is 17.9. The second kappa shape index (κ2) is 18.9. The summed E-state index contributed by atoms with van der Waals surface area (Å²) >= 11 is 0. The van der Waals surface area contributed by atoms with Crippen LogP contribution in [0.2, 0.25) is 0 Å². The molecule has 1 aliphatic rings. The number of Topliss-reactive ketones (excluding diaryl/α,β-unsaturated/α-hetero) is 1. The van der Waals surface area contributed by atoms with E-state index >= 15 is 0 Å². The largest absolute Gasteiger partial charge is 0.386 e. The van der Waals surface area contributed by atoms with Crippen LogP contribution >= 0.6 is 0 Å². The van der Waals surface area contributed by atoms with Crippen LogP contribution in [0.1, 0.15) is 99.2 Å². The number of likely N-dealkylation sites (N-methyl/N-ethyl adjacent to an activating group) is 1. The van der Waals surface area contributed by atoms with Crippen molar-refractivity contribution >= 4 is 23.5 Å². The number of benzene rings is 1. The van der Waals surface area contributed by atoms with Crippen LogP contribution in [0.4, 0.5) is 0 Å². The molecule has 1 aliphatic heterocycles. The Labute approximate surface area is 294 Å². The second-order valence-corrected chi connectivity index (χ2v) is 14.9. The molecular formula is C38H64N4O7. The maximum Gasteiger partial charge on any atom is 0.226 e. The number of nitrogens with two attached hydrogens (primary N) is 1. The molecule has 9 atom stereocenters. The number of ether oxygens (including phenoxy) is 2. The Hall–Kier alpha value is -2.86. The number of nitrogens with one attached hydrogen (secondary N) is 1. The van der Waals surface area contributed by atoms with Gasteiger partial charge in [-0.3, -0.25) is 19.2 Å². The quantitative estimate of drug-likeness (QED) is 0.197. The predicted molar refractivity (Wildman–Crippen MR) is 191 cm³/mol. The van der Waals surface area contributed by atoms with E-state index in [-0.39, 0.29) is 54.2 Å². The average Bonchev–Trinajstić information content (AvgIpc) is 3.55. The Bertz CT molecular complexity index is 1220. The molecule has 1 fully saturated rings. The molecule has 11 heteroatoms. The molecule has 1 saturated heterocycles. The number of nitrogens with zero attached hydrogens (tertiary/aromatic N) is 2. The monoisotopic (exact) mass is 688 g/mol. The number of rotatable bonds is 19. The van der Waals surface area contributed by atoms with Crippen LogP contribution in [0, 0.1) is 23.7 Å². The number of carbonyl (C=O) groups is 4. The number of aliphatic hydroxyl groups is 1. The SMILES string of the molecule is CC[C@H](C)[C@@H]([C@@H](CC(=O)N1CCC[C@H]1[C@H](OC)[C@@H](C)C(=O)N[C@H](C)[C@@H](O)c1ccccc1)OC)N(C)C(=O)[C@@H](CC(=O)C(C)(C)N)C(C)C. The highest BCUT2D eigenvalue weighted by molar-refractivity contribution is 5.92. The van der Waals surface area contributed by atoms with E-state index in [1.807, 2.05) is 58.0 Å². The van der Waals surface area contributed by atoms with Crippen molar-refractivity contribution in [1.82, 2.24) is 15.1 Å². The van der Waals surface area contributed by atoms with Crippen LogP contribution in [0.5, 0.6) is 0 Å². The molecule has 278 valence electrons. The predicted octanol–water partition coefficient (Wildman–Crippen LogP) is 4.11. The summed E-state index contributed by atoms with van der Waals surface area (Å²) < 4.78 is 11.9. The van der Waals surface area contributed by atoms with Crippen LogP contribution in [0.3, 0.4) is 0 Å². The van der Waals surface area contributed by atoms with Crippen LogP contribution < -0.4 is 11.1 Å². The van der Waals surface area contributed by atoms with E-state index in [2.05, 4.69) is 5.32 Å². The molecule has 0 aliphatic carbocycles. The molecule has 1 aromatic rings. The van der Waals surface area contributed by atoms with Gasteiger partial charge in [-0.2, -0.15) is 0 Å². The lowest BCUT2D eigenvalue weighted by Crippen LogP contribution is -2.55. The molecule has 11 nitrogen and oxygen atoms in total. The van der Waals surface area contributed by atoms with Gasteiger partial charge in [-0.15, -0.1) is 0 Å². The average molecular weight is 689 g/mol. The molecule has 1 aromatic carbocycles. The molecule has 49 heavy (non-hydrogen) atoms. The first-order valence-electron chi connectivity index (χ1n) is 17.9. The molecule has 0 radical (unpaired) electrons. The van der Waals surface area contributed by atoms with E-state index in [0.29, 0.717) is 18.5 Å². The van der Waals surface area contributed by atoms with E-state index in [4.69, 9.17) is 15.2 Å². The van der Waals surface area contributed by atoms with Crippen molar-refractivity contribution < 1.29 is 33.8 Å². The zero-order valence-corrected chi connectivity index (χ0v) is 31.8. The highest BCUT2D eigenvalue weighted by atomic mass is 16.5. The Kier molecular flexibility index (Phi) is 16.4. The lowest BCUT2D eigenvalue weighted by Gasteiger charge is -2.41. The maximum atomic E-state index is 14.1. The van der Waals surface area contributed by atoms with Gasteiger partial charge in [0.1, 0.15) is 0 Å². The van der Waals surface area contributed by atoms with E-state index in [1.165, 1.54) is 0 Å². The number of methoxy groups -OCH3 is 2. The van der Waals surface area contributed by atoms with Gasteiger partial charge >= 0.3 is 0 Å². The van der Waals surface area contributed by atoms with Crippen LogP contribution in [0.25, 0.3) is 0 Å². The third-order valence-corrected chi connectivity index (χ3v) is 10.5. The molecular weight excluding hydrogens is 624 g/mol. The topological polar surface area (TPSA) is 152 Å². The molecule has 1 heterocycles. The molecule has 0 aromatic heterocycles. The summed E-state index contributed by atoms with van der Waals surface area (Å²) in [6.07, 6.45) is 0.223. The Balaban J connectivity index is 2.23. The van der Waals surface area contributed by atoms with E-state index in [0.717, 1.165) is 12.8 Å². The lowest BCUT2D eigenvalue weighted by molar-refractivity contribution is -0.149. The zero-order chi connectivity index (χ0) is 37.2. The van der Waals surface area contributed by atoms with Crippen molar-refractivity contribution in [1.29, 1.82) is 0 Å². The molecule has 4 N–H and O–H groups in total. The van der Waals surface area contributed by atoms with Gasteiger partial charge < -0.3 is 35.4 Å². The summed E-state index contributed by atoms with van der Waals surface area (Å²) in [6, 6.07) is 7.89. The van der Waals surface area contributed by atoms with Gasteiger partial charge in [0.2, 0.25) is 17.7 Å². The number of likely N-dealkylation sites (tertiary alicyclic amines) is 1. The molecule has 0 spiro atoms. The van der Waals surface area contributed by atoms with Crippen LogP contribution in [-0.4, -0.2) is 102 Å². The van der Waals surface area contributed by atoms with E-state index < -0.39 is 47.8 Å². The summed E-state index contributed by atoms with van der Waals surface area (Å²) in [4.78, 5) is 57.8. The van der Waals surface area contributed by atoms with E-state index in [1.54, 1.807) is 58.8 Å². The normalized spacial score (nSPS) is 20.1. The minimum absolute atomic E-state index is 0.000735. The van der Waals surface area contributed by atoms with Gasteiger partial charge in [-0.1, -0.05) is 71.4 Å². The standard InChI is InChI=1S/C38H64N4O7/c1-12-24(4)33(41(9)37(47)28(23(2)3)21-31(43)38(7,8)39)30(48-10)22-32(44)42-20-16-19-29(42)35(49-11)25(5)36(46)40-26(6)34(45)27-17-14-13-15-18-27/h13-15,17-18,23-26,28-30,33-35,45H,12,16,19-22,39H2,1-11H3,(H,40,46)/t24-,25+,26+,28-,29-,30+,33-,34+,35+/m0/s1. The van der Waals surface area contributed by atoms with Crippen molar-refractivity contribution in [3.05, 3.63) is 35.9 Å². The van der Waals surface area contributed by atoms with E-state index in [9.17, 15) is 24.3 Å². The lowest BCUT2D eigenvalue weighted by atomic mass is 9.83. The van der Waals surface area contributed by atoms with Gasteiger partial charge in [-0.05, 0) is 51.0 Å². The molecule has 3 amide bonds. The Morgan fingerprint density at radius 2 is 1.65 bits per heavy atom. The summed E-state index contributed by atoms with van der Waals surface area (Å²) in [6.45, 7) is 15.3. The number of hydrogen-bond donors (Lipinski definition) is 3. The first kappa shape index (κ1) is 42.3. The number of ketones is 1. The summed E-state index contributed by atoms with van der Waals surface area (Å²) in [5.41, 5.74) is 5.74. The fourth-order valence-electron chi connectivity index (χ4n) is 7.01. The van der Waals surface area contributed by atoms with Gasteiger partial charge in [-0.25, -0.2) is 0 Å². The minimum atomic E-state index is -1.05. The number of hydrogen-bond acceptors (Lipinski definition) is 8. The number of amides is 3. The third-order valence-electron chi connectivity index (χ3n) is 10.5. The van der Waals surface area contributed by atoms with Gasteiger partial charge in [0, 0.05) is 40.2 Å². The highest BCUT2D eigenvalue weighted by Crippen LogP contribution is 2.31. The van der Waals surface area contributed by atoms with Crippen molar-refractivity contribution in [2.45, 2.75) is 129 Å². The smallest absolute Gasteiger partial charge is 0.226 e. The van der Waals surface area contributed by atoms with Gasteiger partial charge in [0.15, 0.2) is 5.78 Å². The second-order valence-electron chi connectivity index (χ2n) is 14.9. The molecule has 0 bridgehead atoms. The van der Waals surface area contributed by atoms with Crippen LogP contribution in [0.15, 0.2) is 30.3 Å². The van der Waals surface area contributed by atoms with Gasteiger partial charge in [0.25, 0.3) is 0 Å². The van der Waals surface area contributed by atoms with Crippen molar-refractivity contribution in [3.63, 3.8) is 0 Å². The number of carbonyl (C=O) groups excluding carboxylic acids is 4. The molecule has 0 unspecified atom stereocenters. The maximum absolute atomic E-state index is 14.1. The third kappa shape index (κ3) is 11.1. The minimum Gasteiger partial charge on any atom is -0.386 e. The fraction of sp³-hybridized carbons (Fsp3) is 0.737. The summed E-state index contributed by atoms with van der Waals surface area (Å²) in [5.74, 6) is -2.00.